The topological polar surface area (TPSA) is 111 Å². The van der Waals surface area contributed by atoms with E-state index in [9.17, 15) is 9.59 Å². The number of pyridine rings is 1. The molecular weight excluding hydrogens is 470 g/mol. The number of hydrogen-bond donors (Lipinski definition) is 2. The van der Waals surface area contributed by atoms with E-state index in [0.717, 1.165) is 56.6 Å². The van der Waals surface area contributed by atoms with Crippen LogP contribution in [0.15, 0.2) is 48.8 Å². The molecule has 3 fully saturated rings. The van der Waals surface area contributed by atoms with Crippen LogP contribution in [-0.4, -0.2) is 64.7 Å². The molecule has 194 valence electrons. The minimum absolute atomic E-state index is 0.0727. The van der Waals surface area contributed by atoms with Gasteiger partial charge in [-0.25, -0.2) is 4.52 Å². The zero-order valence-electron chi connectivity index (χ0n) is 20.9. The second kappa shape index (κ2) is 9.70. The van der Waals surface area contributed by atoms with Gasteiger partial charge in [0.25, 0.3) is 11.8 Å². The number of ether oxygens (including phenoxy) is 2. The largest absolute Gasteiger partial charge is 0.491 e. The summed E-state index contributed by atoms with van der Waals surface area (Å²) in [5.41, 5.74) is 7.42. The lowest BCUT2D eigenvalue weighted by Crippen LogP contribution is -2.58. The fourth-order valence-corrected chi connectivity index (χ4v) is 6.15. The third-order valence-electron chi connectivity index (χ3n) is 8.07. The van der Waals surface area contributed by atoms with Gasteiger partial charge in [-0.2, -0.15) is 5.10 Å². The number of aromatic nitrogens is 2. The van der Waals surface area contributed by atoms with Crippen LogP contribution in [-0.2, 0) is 0 Å². The third-order valence-corrected chi connectivity index (χ3v) is 8.07. The Morgan fingerprint density at radius 2 is 1.84 bits per heavy atom. The maximum Gasteiger partial charge on any atom is 0.255 e. The number of fused-ring (bicyclic) bond motifs is 1. The molecule has 0 atom stereocenters. The van der Waals surface area contributed by atoms with Crippen LogP contribution in [0.5, 0.6) is 11.5 Å². The van der Waals surface area contributed by atoms with Crippen molar-refractivity contribution in [2.75, 3.05) is 26.2 Å². The summed E-state index contributed by atoms with van der Waals surface area (Å²) >= 11 is 0. The first-order chi connectivity index (χ1) is 18.0. The van der Waals surface area contributed by atoms with Gasteiger partial charge < -0.3 is 20.5 Å². The first-order valence-electron chi connectivity index (χ1n) is 13.2. The molecule has 6 rings (SSSR count). The number of nitrogens with zero attached hydrogens (tertiary/aromatic N) is 3. The second-order valence-electron chi connectivity index (χ2n) is 10.7. The van der Waals surface area contributed by atoms with Crippen LogP contribution in [0.4, 0.5) is 0 Å². The number of carbonyl (C=O) groups excluding carboxylic acids is 2. The standard InChI is InChI=1S/C28H33N5O4/c29-26(34)22-5-1-2-6-25(22)37-21-15-28(16-21)13-19(14-28)31-27(35)23-17-30-33-18-20(7-8-24(23)33)36-12-11-32-9-3-4-10-32/h1-2,5-8,17-19,21H,3-4,9-16H2,(H2,29,34)(H,31,35). The summed E-state index contributed by atoms with van der Waals surface area (Å²) in [6.07, 6.45) is 9.78. The minimum Gasteiger partial charge on any atom is -0.491 e. The van der Waals surface area contributed by atoms with Gasteiger partial charge in [0.05, 0.1) is 35.1 Å². The van der Waals surface area contributed by atoms with Crippen molar-refractivity contribution in [2.45, 2.75) is 50.7 Å². The van der Waals surface area contributed by atoms with E-state index >= 15 is 0 Å². The quantitative estimate of drug-likeness (QED) is 0.464. The molecular formula is C28H33N5O4. The molecule has 0 radical (unpaired) electrons. The van der Waals surface area contributed by atoms with Gasteiger partial charge in [0, 0.05) is 12.6 Å². The Kier molecular flexibility index (Phi) is 6.24. The first-order valence-corrected chi connectivity index (χ1v) is 13.2. The molecule has 3 N–H and O–H groups in total. The summed E-state index contributed by atoms with van der Waals surface area (Å²) in [4.78, 5) is 27.0. The van der Waals surface area contributed by atoms with Crippen molar-refractivity contribution < 1.29 is 19.1 Å². The summed E-state index contributed by atoms with van der Waals surface area (Å²) in [7, 11) is 0. The lowest BCUT2D eigenvalue weighted by Gasteiger charge is -2.57. The Morgan fingerprint density at radius 3 is 2.62 bits per heavy atom. The Hall–Kier alpha value is -3.59. The molecule has 1 saturated heterocycles. The van der Waals surface area contributed by atoms with Gasteiger partial charge >= 0.3 is 0 Å². The Labute approximate surface area is 215 Å². The van der Waals surface area contributed by atoms with Crippen LogP contribution < -0.4 is 20.5 Å². The fourth-order valence-electron chi connectivity index (χ4n) is 6.15. The summed E-state index contributed by atoms with van der Waals surface area (Å²) < 4.78 is 13.7. The van der Waals surface area contributed by atoms with Gasteiger partial charge in [-0.05, 0) is 81.3 Å². The molecule has 37 heavy (non-hydrogen) atoms. The molecule has 3 heterocycles. The van der Waals surface area contributed by atoms with Crippen LogP contribution in [0.3, 0.4) is 0 Å². The number of amides is 2. The fraction of sp³-hybridized carbons (Fsp3) is 0.464. The number of nitrogens with one attached hydrogen (secondary N) is 1. The van der Waals surface area contributed by atoms with Gasteiger partial charge in [0.2, 0.25) is 0 Å². The zero-order chi connectivity index (χ0) is 25.4. The number of rotatable bonds is 9. The van der Waals surface area contributed by atoms with Crippen LogP contribution in [0.2, 0.25) is 0 Å². The van der Waals surface area contributed by atoms with Crippen molar-refractivity contribution in [3.8, 4) is 11.5 Å². The van der Waals surface area contributed by atoms with E-state index in [1.807, 2.05) is 24.4 Å². The van der Waals surface area contributed by atoms with Crippen molar-refractivity contribution in [2.24, 2.45) is 11.1 Å². The maximum absolute atomic E-state index is 13.0. The van der Waals surface area contributed by atoms with Crippen molar-refractivity contribution in [1.29, 1.82) is 0 Å². The minimum atomic E-state index is -0.481. The maximum atomic E-state index is 13.0. The van der Waals surface area contributed by atoms with Gasteiger partial charge in [-0.3, -0.25) is 14.5 Å². The Balaban J connectivity index is 0.981. The Morgan fingerprint density at radius 1 is 1.05 bits per heavy atom. The summed E-state index contributed by atoms with van der Waals surface area (Å²) in [6, 6.07) is 11.0. The molecule has 9 nitrogen and oxygen atoms in total. The van der Waals surface area contributed by atoms with E-state index in [1.165, 1.54) is 12.8 Å². The van der Waals surface area contributed by atoms with Crippen LogP contribution in [0, 0.1) is 5.41 Å². The van der Waals surface area contributed by atoms with Crippen LogP contribution in [0.25, 0.3) is 5.52 Å². The number of benzene rings is 1. The lowest BCUT2D eigenvalue weighted by atomic mass is 9.53. The van der Waals surface area contributed by atoms with Crippen molar-refractivity contribution in [3.63, 3.8) is 0 Å². The zero-order valence-corrected chi connectivity index (χ0v) is 20.9. The smallest absolute Gasteiger partial charge is 0.255 e. The first kappa shape index (κ1) is 23.8. The number of carbonyl (C=O) groups is 2. The number of primary amides is 1. The van der Waals surface area contributed by atoms with E-state index in [4.69, 9.17) is 15.2 Å². The van der Waals surface area contributed by atoms with Crippen LogP contribution in [0.1, 0.15) is 59.2 Å². The number of nitrogens with two attached hydrogens (primary N) is 1. The second-order valence-corrected chi connectivity index (χ2v) is 10.7. The average Bonchev–Trinajstić information content (AvgIpc) is 3.51. The van der Waals surface area contributed by atoms with Crippen molar-refractivity contribution in [3.05, 3.63) is 59.9 Å². The van der Waals surface area contributed by atoms with Gasteiger partial charge in [0.15, 0.2) is 0 Å². The molecule has 2 aromatic heterocycles. The molecule has 3 aromatic rings. The molecule has 1 aliphatic heterocycles. The predicted molar refractivity (Wildman–Crippen MR) is 138 cm³/mol. The molecule has 2 saturated carbocycles. The van der Waals surface area contributed by atoms with Gasteiger partial charge in [0.1, 0.15) is 18.1 Å². The number of likely N-dealkylation sites (tertiary alicyclic amines) is 1. The highest BCUT2D eigenvalue weighted by atomic mass is 16.5. The molecule has 2 amide bonds. The van der Waals surface area contributed by atoms with Crippen molar-refractivity contribution >= 4 is 17.3 Å². The Bertz CT molecular complexity index is 1300. The molecule has 3 aliphatic rings. The summed E-state index contributed by atoms with van der Waals surface area (Å²) in [6.45, 7) is 3.89. The SMILES string of the molecule is NC(=O)c1ccccc1OC1CC2(CC(NC(=O)c3cnn4cc(OCCN5CCCC5)ccc34)C2)C1. The van der Waals surface area contributed by atoms with Gasteiger partial charge in [-0.15, -0.1) is 0 Å². The third kappa shape index (κ3) is 4.87. The highest BCUT2D eigenvalue weighted by molar-refractivity contribution is 6.00. The number of para-hydroxylation sites is 1. The molecule has 0 unspecified atom stereocenters. The molecule has 1 aromatic carbocycles. The highest BCUT2D eigenvalue weighted by Gasteiger charge is 2.54. The van der Waals surface area contributed by atoms with Gasteiger partial charge in [-0.1, -0.05) is 12.1 Å². The van der Waals surface area contributed by atoms with Crippen LogP contribution >= 0.6 is 0 Å². The monoisotopic (exact) mass is 503 g/mol. The van der Waals surface area contributed by atoms with Crippen molar-refractivity contribution in [1.82, 2.24) is 19.8 Å². The molecule has 1 spiro atoms. The lowest BCUT2D eigenvalue weighted by molar-refractivity contribution is -0.0834. The highest BCUT2D eigenvalue weighted by Crippen LogP contribution is 2.57. The van der Waals surface area contributed by atoms with E-state index in [0.29, 0.717) is 23.5 Å². The van der Waals surface area contributed by atoms with E-state index in [2.05, 4.69) is 15.3 Å². The normalized spacial score (nSPS) is 25.0. The predicted octanol–water partition coefficient (Wildman–Crippen LogP) is 3.03. The average molecular weight is 504 g/mol. The summed E-state index contributed by atoms with van der Waals surface area (Å²) in [5.74, 6) is 0.722. The molecule has 0 bridgehead atoms. The van der Waals surface area contributed by atoms with E-state index in [1.54, 1.807) is 28.9 Å². The molecule has 2 aliphatic carbocycles. The van der Waals surface area contributed by atoms with E-state index in [-0.39, 0.29) is 23.5 Å². The number of hydrogen-bond acceptors (Lipinski definition) is 6. The molecule has 9 heteroatoms. The summed E-state index contributed by atoms with van der Waals surface area (Å²) in [5, 5.41) is 7.55. The van der Waals surface area contributed by atoms with E-state index < -0.39 is 5.91 Å².